The number of carbonyl (C=O) groups excluding carboxylic acids is 17. The van der Waals surface area contributed by atoms with Crippen LogP contribution in [0, 0.1) is 17.8 Å². The molecule has 1 aliphatic heterocycles. The van der Waals surface area contributed by atoms with E-state index in [2.05, 4.69) is 89.7 Å². The topological polar surface area (TPSA) is 673 Å². The number of carbonyl (C=O) groups is 17. The Morgan fingerprint density at radius 2 is 0.654 bits per heavy atom. The zero-order valence-corrected chi connectivity index (χ0v) is 73.1. The summed E-state index contributed by atoms with van der Waals surface area (Å²) in [5.74, 6) is -21.0. The summed E-state index contributed by atoms with van der Waals surface area (Å²) >= 11 is 0.734. The minimum Gasteiger partial charge on any atom is -0.508 e. The molecule has 5 aromatic carbocycles. The van der Waals surface area contributed by atoms with Crippen LogP contribution in [-0.2, 0) is 120 Å². The average molecular weight is 1830 g/mol. The number of aromatic amines is 1. The number of thioether (sulfide) groups is 1. The number of nitrogens with zero attached hydrogens (tertiary/aromatic N) is 1. The van der Waals surface area contributed by atoms with Crippen molar-refractivity contribution >= 4 is 112 Å². The highest BCUT2D eigenvalue weighted by atomic mass is 32.2. The van der Waals surface area contributed by atoms with Crippen LogP contribution in [0.4, 0.5) is 0 Å². The van der Waals surface area contributed by atoms with Crippen LogP contribution < -0.4 is 91.2 Å². The number of benzene rings is 5. The number of hydrogen-bond donors (Lipinski definition) is 24. The maximum Gasteiger partial charge on any atom is 0.245 e. The fourth-order valence-corrected chi connectivity index (χ4v) is 14.3. The fourth-order valence-electron chi connectivity index (χ4n) is 13.4. The summed E-state index contributed by atoms with van der Waals surface area (Å²) in [5, 5.41) is 100. The predicted octanol–water partition coefficient (Wildman–Crippen LogP) is -3.90. The Balaban J connectivity index is 1.29. The molecule has 130 heavy (non-hydrogen) atoms. The van der Waals surface area contributed by atoms with Crippen LogP contribution >= 0.6 is 11.8 Å². The molecule has 1 aromatic heterocycles. The van der Waals surface area contributed by atoms with Gasteiger partial charge in [0.25, 0.3) is 0 Å². The molecule has 0 bridgehead atoms. The van der Waals surface area contributed by atoms with Gasteiger partial charge >= 0.3 is 0 Å². The minimum atomic E-state index is -1.94. The highest BCUT2D eigenvalue weighted by Crippen LogP contribution is 2.21. The molecule has 12 atom stereocenters. The molecule has 6 aromatic rings. The van der Waals surface area contributed by atoms with Crippen molar-refractivity contribution in [1.82, 2.24) is 89.7 Å². The Morgan fingerprint density at radius 1 is 0.369 bits per heavy atom. The molecule has 700 valence electrons. The number of rotatable bonds is 24. The molecule has 26 N–H and O–H groups in total. The number of aromatic hydroxyl groups is 5. The zero-order chi connectivity index (χ0) is 95.4. The lowest BCUT2D eigenvalue weighted by Crippen LogP contribution is -2.62. The number of imidazole rings is 1. The Kier molecular flexibility index (Phi) is 40.1. The molecule has 0 spiro atoms. The number of hydrogen-bond acceptors (Lipinski definition) is 25. The van der Waals surface area contributed by atoms with Gasteiger partial charge in [0, 0.05) is 50.5 Å². The van der Waals surface area contributed by atoms with Crippen molar-refractivity contribution in [2.24, 2.45) is 29.2 Å². The van der Waals surface area contributed by atoms with E-state index in [0.29, 0.717) is 27.8 Å². The first-order chi connectivity index (χ1) is 61.6. The second-order valence-corrected chi connectivity index (χ2v) is 33.4. The minimum absolute atomic E-state index is 0.139. The van der Waals surface area contributed by atoms with E-state index in [0.717, 1.165) is 11.8 Å². The Labute approximate surface area is 751 Å². The van der Waals surface area contributed by atoms with Crippen LogP contribution in [0.1, 0.15) is 101 Å². The van der Waals surface area contributed by atoms with Crippen LogP contribution in [-0.4, -0.2) is 251 Å². The summed E-state index contributed by atoms with van der Waals surface area (Å²) in [5.41, 5.74) is 12.7. The summed E-state index contributed by atoms with van der Waals surface area (Å²) in [4.78, 5) is 249. The summed E-state index contributed by atoms with van der Waals surface area (Å²) in [7, 11) is 0. The van der Waals surface area contributed by atoms with Crippen molar-refractivity contribution in [2.75, 3.05) is 37.7 Å². The van der Waals surface area contributed by atoms with Gasteiger partial charge in [-0.15, -0.1) is 11.8 Å². The summed E-state index contributed by atoms with van der Waals surface area (Å²) in [6, 6.07) is 7.09. The van der Waals surface area contributed by atoms with E-state index in [1.807, 2.05) is 0 Å². The first-order valence-corrected chi connectivity index (χ1v) is 42.9. The molecule has 2 heterocycles. The Hall–Kier alpha value is -14.4. The fraction of sp³-hybridized carbons (Fsp3) is 0.425. The zero-order valence-electron chi connectivity index (χ0n) is 72.3. The van der Waals surface area contributed by atoms with Crippen LogP contribution in [0.15, 0.2) is 134 Å². The summed E-state index contributed by atoms with van der Waals surface area (Å²) < 4.78 is 0. The molecule has 0 unspecified atom stereocenters. The van der Waals surface area contributed by atoms with Gasteiger partial charge in [-0.25, -0.2) is 4.98 Å². The van der Waals surface area contributed by atoms with Gasteiger partial charge in [-0.05, 0) is 125 Å². The van der Waals surface area contributed by atoms with Crippen molar-refractivity contribution in [3.8, 4) is 28.7 Å². The number of primary amides is 2. The van der Waals surface area contributed by atoms with E-state index in [9.17, 15) is 93.0 Å². The molecule has 42 nitrogen and oxygen atoms in total. The number of nitrogens with one attached hydrogen (secondary N) is 16. The number of nitrogens with two attached hydrogens (primary N) is 2. The lowest BCUT2D eigenvalue weighted by Gasteiger charge is -2.29. The highest BCUT2D eigenvalue weighted by molar-refractivity contribution is 8.00. The lowest BCUT2D eigenvalue weighted by molar-refractivity contribution is -0.136. The third-order valence-corrected chi connectivity index (χ3v) is 21.0. The second-order valence-electron chi connectivity index (χ2n) is 32.4. The normalized spacial score (nSPS) is 22.2. The SMILES string of the molecule is CC(C)C[C@@H]1NC(=O)[C@H](CC(N)=O)NC(=O)CNC(=O)[C@H](Cc2ccc(O)cc2)NC(=O)[C@H](CC(C)C)NC(=O)[C@H](CO)NC(=O)[C@H](Cc2ccc(O)cc2)NC(=O)[C@H](Cc2ccc(O)cc2)NC(=O)[C@H](Cc2ccc(O)cc2)NC(=O)[C@H](CC(C)C)NC(=O)[C@H](Cc2c[nH]cn2)NC(=O)[C@H](Cc2ccc(O)cc2)NC(=O)CSC[C@@H](C(=O)NCC(N)=O)NC(=O)CNC1=O. The molecule has 1 aliphatic rings. The van der Waals surface area contributed by atoms with Gasteiger partial charge in [-0.2, -0.15) is 0 Å². The van der Waals surface area contributed by atoms with E-state index in [-0.39, 0.29) is 85.3 Å². The van der Waals surface area contributed by atoms with Crippen molar-refractivity contribution in [3.63, 3.8) is 0 Å². The van der Waals surface area contributed by atoms with Gasteiger partial charge in [0.2, 0.25) is 100 Å². The van der Waals surface area contributed by atoms with Gasteiger partial charge < -0.3 is 127 Å². The number of aromatic nitrogens is 2. The first kappa shape index (κ1) is 103. The van der Waals surface area contributed by atoms with Crippen LogP contribution in [0.2, 0.25) is 0 Å². The van der Waals surface area contributed by atoms with Crippen molar-refractivity contribution in [3.05, 3.63) is 167 Å². The van der Waals surface area contributed by atoms with Gasteiger partial charge in [0.1, 0.15) is 101 Å². The van der Waals surface area contributed by atoms with Crippen molar-refractivity contribution < 1.29 is 112 Å². The van der Waals surface area contributed by atoms with Crippen molar-refractivity contribution in [1.29, 1.82) is 0 Å². The largest absolute Gasteiger partial charge is 0.508 e. The van der Waals surface area contributed by atoms with Gasteiger partial charge in [-0.3, -0.25) is 81.5 Å². The number of H-pyrrole nitrogens is 1. The average Bonchev–Trinajstić information content (AvgIpc) is 0.947. The van der Waals surface area contributed by atoms with E-state index < -0.39 is 242 Å². The number of aliphatic hydroxyl groups excluding tert-OH is 1. The standard InChI is InChI=1S/C87H113N19O23S/c1-45(2)27-59-76(118)92-40-74(116)97-70(78(120)91-38-72(89)114)42-130-43-75(117)96-63(31-49-9-19-55(109)20-10-49)81(123)105-67(35-53-37-90-44-94-53)85(127)99-60(28-46(3)4)80(122)102-64(32-50-11-21-56(110)22-12-50)82(124)103-65(33-51-13-23-57(111)24-14-51)83(125)104-66(34-52-15-25-58(112)26-16-52)84(126)106-69(41-107)87(129)100-61(29-47(5)6)79(121)101-62(30-48-7-17-54(108)18-8-48)77(119)93-39-73(115)95-68(36-71(88)113)86(128)98-59/h7-26,37,44-47,59-70,107-112H,27-36,38-43H2,1-6H3,(H2,88,113)(H2,89,114)(H,90,94)(H,91,120)(H,92,118)(H,93,119)(H,95,115)(H,96,117)(H,97,116)(H,98,128)(H,99,127)(H,100,129)(H,101,121)(H,102,122)(H,103,124)(H,104,125)(H,105,123)(H,106,126)/t59-,60-,61-,62-,63-,64-,65-,66-,67-,68-,69-,70-/m0/s1. The van der Waals surface area contributed by atoms with Gasteiger partial charge in [0.05, 0.1) is 50.4 Å². The quantitative estimate of drug-likeness (QED) is 0.0275. The van der Waals surface area contributed by atoms with E-state index in [1.165, 1.54) is 134 Å². The molecule has 1 fully saturated rings. The number of phenols is 5. The second kappa shape index (κ2) is 50.8. The molecule has 7 rings (SSSR count). The number of phenolic OH excluding ortho intramolecular Hbond substituents is 5. The maximum absolute atomic E-state index is 15.4. The number of aliphatic hydroxyl groups is 1. The molecule has 0 saturated carbocycles. The molecule has 0 aliphatic carbocycles. The van der Waals surface area contributed by atoms with Gasteiger partial charge in [0.15, 0.2) is 0 Å². The summed E-state index contributed by atoms with van der Waals surface area (Å²) in [6.45, 7) is 6.35. The van der Waals surface area contributed by atoms with Gasteiger partial charge in [-0.1, -0.05) is 102 Å². The molecule has 43 heteroatoms. The van der Waals surface area contributed by atoms with Crippen molar-refractivity contribution in [2.45, 2.75) is 178 Å². The maximum atomic E-state index is 15.4. The highest BCUT2D eigenvalue weighted by Gasteiger charge is 2.39. The van der Waals surface area contributed by atoms with Crippen LogP contribution in [0.5, 0.6) is 28.7 Å². The van der Waals surface area contributed by atoms with E-state index in [4.69, 9.17) is 11.5 Å². The van der Waals surface area contributed by atoms with Crippen LogP contribution in [0.25, 0.3) is 0 Å². The molecule has 1 saturated heterocycles. The van der Waals surface area contributed by atoms with Crippen LogP contribution in [0.3, 0.4) is 0 Å². The molecule has 0 radical (unpaired) electrons. The summed E-state index contributed by atoms with van der Waals surface area (Å²) in [6.07, 6.45) is -0.874. The Bertz CT molecular complexity index is 4910. The monoisotopic (exact) mass is 1820 g/mol. The Morgan fingerprint density at radius 3 is 0.985 bits per heavy atom. The predicted molar refractivity (Wildman–Crippen MR) is 469 cm³/mol. The third-order valence-electron chi connectivity index (χ3n) is 20.0. The molecule has 17 amide bonds. The smallest absolute Gasteiger partial charge is 0.245 e. The molecular weight excluding hydrogens is 1710 g/mol. The lowest BCUT2D eigenvalue weighted by atomic mass is 9.99. The molecular formula is C87H113N19O23S. The van der Waals surface area contributed by atoms with E-state index in [1.54, 1.807) is 41.5 Å². The first-order valence-electron chi connectivity index (χ1n) is 41.7. The third kappa shape index (κ3) is 35.4. The van der Waals surface area contributed by atoms with E-state index >= 15 is 19.2 Å². The number of amides is 17.